The summed E-state index contributed by atoms with van der Waals surface area (Å²) >= 11 is 5.98. The van der Waals surface area contributed by atoms with Crippen molar-refractivity contribution in [1.82, 2.24) is 4.90 Å². The highest BCUT2D eigenvalue weighted by molar-refractivity contribution is 6.31. The van der Waals surface area contributed by atoms with E-state index in [0.29, 0.717) is 11.6 Å². The van der Waals surface area contributed by atoms with E-state index >= 15 is 0 Å². The Bertz CT molecular complexity index is 461. The largest absolute Gasteiger partial charge is 0.398 e. The summed E-state index contributed by atoms with van der Waals surface area (Å²) in [7, 11) is 0. The van der Waals surface area contributed by atoms with E-state index in [1.54, 1.807) is 6.07 Å². The van der Waals surface area contributed by atoms with Crippen LogP contribution in [-0.2, 0) is 17.8 Å². The maximum Gasteiger partial charge on any atom is 0.234 e. The number of nitrogens with zero attached hydrogens (tertiary/aromatic N) is 1. The molecule has 2 rings (SSSR count). The number of primary amides is 1. The summed E-state index contributed by atoms with van der Waals surface area (Å²) < 4.78 is 0. The highest BCUT2D eigenvalue weighted by Gasteiger charge is 2.24. The fourth-order valence-electron chi connectivity index (χ4n) is 2.23. The number of benzene rings is 1. The van der Waals surface area contributed by atoms with Crippen LogP contribution >= 0.6 is 11.6 Å². The lowest BCUT2D eigenvalue weighted by molar-refractivity contribution is -0.123. The third kappa shape index (κ3) is 2.37. The Morgan fingerprint density at radius 3 is 2.88 bits per heavy atom. The fraction of sp³-hybridized carbons (Fsp3) is 0.417. The summed E-state index contributed by atoms with van der Waals surface area (Å²) in [5.74, 6) is -0.302. The molecule has 1 heterocycles. The van der Waals surface area contributed by atoms with Crippen molar-refractivity contribution < 1.29 is 4.79 Å². The predicted octanol–water partition coefficient (Wildman–Crippen LogP) is 1.15. The number of nitrogens with two attached hydrogens (primary N) is 2. The fourth-order valence-corrected chi connectivity index (χ4v) is 2.48. The quantitative estimate of drug-likeness (QED) is 0.777. The van der Waals surface area contributed by atoms with Crippen LogP contribution in [0.3, 0.4) is 0 Å². The summed E-state index contributed by atoms with van der Waals surface area (Å²) in [4.78, 5) is 13.2. The van der Waals surface area contributed by atoms with Gasteiger partial charge in [-0.05, 0) is 36.6 Å². The highest BCUT2D eigenvalue weighted by Crippen LogP contribution is 2.28. The molecule has 0 aliphatic carbocycles. The Balaban J connectivity index is 2.27. The molecule has 0 aromatic heterocycles. The summed E-state index contributed by atoms with van der Waals surface area (Å²) in [5, 5.41) is 0.634. The molecule has 0 radical (unpaired) electrons. The molecule has 0 saturated carbocycles. The van der Waals surface area contributed by atoms with Gasteiger partial charge in [0.2, 0.25) is 5.91 Å². The SMILES string of the molecule is CC(C(N)=O)N1CCc2c(N)cc(Cl)cc2C1. The van der Waals surface area contributed by atoms with Crippen molar-refractivity contribution >= 4 is 23.2 Å². The van der Waals surface area contributed by atoms with Crippen LogP contribution in [0, 0.1) is 0 Å². The number of hydrogen-bond acceptors (Lipinski definition) is 3. The van der Waals surface area contributed by atoms with Crippen LogP contribution in [0.25, 0.3) is 0 Å². The minimum Gasteiger partial charge on any atom is -0.398 e. The van der Waals surface area contributed by atoms with E-state index in [4.69, 9.17) is 23.1 Å². The molecule has 92 valence electrons. The summed E-state index contributed by atoms with van der Waals surface area (Å²) in [6.45, 7) is 3.29. The van der Waals surface area contributed by atoms with Crippen molar-refractivity contribution in [1.29, 1.82) is 0 Å². The molecule has 1 aliphatic rings. The third-order valence-corrected chi connectivity index (χ3v) is 3.54. The molecule has 0 spiro atoms. The van der Waals surface area contributed by atoms with E-state index in [1.165, 1.54) is 0 Å². The number of fused-ring (bicyclic) bond motifs is 1. The number of carbonyl (C=O) groups is 1. The zero-order valence-corrected chi connectivity index (χ0v) is 10.5. The molecule has 1 aliphatic heterocycles. The van der Waals surface area contributed by atoms with Gasteiger partial charge in [-0.15, -0.1) is 0 Å². The molecule has 1 aromatic rings. The molecular formula is C12H16ClN3O. The van der Waals surface area contributed by atoms with E-state index in [2.05, 4.69) is 0 Å². The lowest BCUT2D eigenvalue weighted by Gasteiger charge is -2.32. The van der Waals surface area contributed by atoms with Crippen LogP contribution in [-0.4, -0.2) is 23.4 Å². The van der Waals surface area contributed by atoms with Crippen molar-refractivity contribution in [3.8, 4) is 0 Å². The third-order valence-electron chi connectivity index (χ3n) is 3.32. The van der Waals surface area contributed by atoms with Gasteiger partial charge >= 0.3 is 0 Å². The highest BCUT2D eigenvalue weighted by atomic mass is 35.5. The second-order valence-electron chi connectivity index (χ2n) is 4.43. The van der Waals surface area contributed by atoms with E-state index in [1.807, 2.05) is 17.9 Å². The normalized spacial score (nSPS) is 17.5. The van der Waals surface area contributed by atoms with Gasteiger partial charge in [0.05, 0.1) is 6.04 Å². The number of nitrogen functional groups attached to an aromatic ring is 1. The van der Waals surface area contributed by atoms with Crippen LogP contribution in [0.15, 0.2) is 12.1 Å². The van der Waals surface area contributed by atoms with Crippen molar-refractivity contribution in [3.05, 3.63) is 28.3 Å². The minimum atomic E-state index is -0.302. The predicted molar refractivity (Wildman–Crippen MR) is 68.6 cm³/mol. The zero-order chi connectivity index (χ0) is 12.6. The second kappa shape index (κ2) is 4.55. The molecule has 5 heteroatoms. The van der Waals surface area contributed by atoms with Gasteiger partial charge in [0.15, 0.2) is 0 Å². The average Bonchev–Trinajstić information content (AvgIpc) is 2.26. The molecule has 4 nitrogen and oxygen atoms in total. The van der Waals surface area contributed by atoms with E-state index in [9.17, 15) is 4.79 Å². The Labute approximate surface area is 106 Å². The minimum absolute atomic E-state index is 0.261. The van der Waals surface area contributed by atoms with E-state index < -0.39 is 0 Å². The number of carbonyl (C=O) groups excluding carboxylic acids is 1. The molecular weight excluding hydrogens is 238 g/mol. The summed E-state index contributed by atoms with van der Waals surface area (Å²) in [6, 6.07) is 3.42. The first-order valence-corrected chi connectivity index (χ1v) is 5.97. The molecule has 4 N–H and O–H groups in total. The molecule has 1 amide bonds. The summed E-state index contributed by atoms with van der Waals surface area (Å²) in [6.07, 6.45) is 0.829. The standard InChI is InChI=1S/C12H16ClN3O/c1-7(12(15)17)16-3-2-10-8(6-16)4-9(13)5-11(10)14/h4-5,7H,2-3,6,14H2,1H3,(H2,15,17). The van der Waals surface area contributed by atoms with Gasteiger partial charge in [0, 0.05) is 23.8 Å². The van der Waals surface area contributed by atoms with Crippen LogP contribution in [0.4, 0.5) is 5.69 Å². The second-order valence-corrected chi connectivity index (χ2v) is 4.87. The zero-order valence-electron chi connectivity index (χ0n) is 9.74. The number of anilines is 1. The molecule has 0 bridgehead atoms. The van der Waals surface area contributed by atoms with Crippen LogP contribution < -0.4 is 11.5 Å². The first kappa shape index (κ1) is 12.2. The Hall–Kier alpha value is -1.26. The monoisotopic (exact) mass is 253 g/mol. The van der Waals surface area contributed by atoms with Gasteiger partial charge in [-0.25, -0.2) is 0 Å². The van der Waals surface area contributed by atoms with Crippen LogP contribution in [0.5, 0.6) is 0 Å². The smallest absolute Gasteiger partial charge is 0.234 e. The number of amides is 1. The molecule has 0 saturated heterocycles. The van der Waals surface area contributed by atoms with Gasteiger partial charge in [0.1, 0.15) is 0 Å². The maximum atomic E-state index is 11.2. The lowest BCUT2D eigenvalue weighted by Crippen LogP contribution is -2.45. The number of rotatable bonds is 2. The van der Waals surface area contributed by atoms with Gasteiger partial charge in [-0.3, -0.25) is 9.69 Å². The Kier molecular flexibility index (Phi) is 3.26. The van der Waals surface area contributed by atoms with E-state index in [0.717, 1.165) is 29.8 Å². The van der Waals surface area contributed by atoms with Crippen LogP contribution in [0.2, 0.25) is 5.02 Å². The van der Waals surface area contributed by atoms with Gasteiger partial charge < -0.3 is 11.5 Å². The first-order chi connectivity index (χ1) is 7.99. The first-order valence-electron chi connectivity index (χ1n) is 5.59. The average molecular weight is 254 g/mol. The molecule has 1 unspecified atom stereocenters. The van der Waals surface area contributed by atoms with Gasteiger partial charge in [0.25, 0.3) is 0 Å². The van der Waals surface area contributed by atoms with Crippen molar-refractivity contribution in [2.24, 2.45) is 5.73 Å². The van der Waals surface area contributed by atoms with Gasteiger partial charge in [-0.1, -0.05) is 11.6 Å². The maximum absolute atomic E-state index is 11.2. The summed E-state index contributed by atoms with van der Waals surface area (Å²) in [5.41, 5.74) is 14.2. The molecule has 0 fully saturated rings. The Morgan fingerprint density at radius 1 is 1.53 bits per heavy atom. The lowest BCUT2D eigenvalue weighted by atomic mass is 9.97. The number of halogens is 1. The Morgan fingerprint density at radius 2 is 2.24 bits per heavy atom. The number of hydrogen-bond donors (Lipinski definition) is 2. The topological polar surface area (TPSA) is 72.4 Å². The van der Waals surface area contributed by atoms with E-state index in [-0.39, 0.29) is 11.9 Å². The van der Waals surface area contributed by atoms with Crippen LogP contribution in [0.1, 0.15) is 18.1 Å². The molecule has 1 atom stereocenters. The molecule has 1 aromatic carbocycles. The van der Waals surface area contributed by atoms with Crippen molar-refractivity contribution in [3.63, 3.8) is 0 Å². The van der Waals surface area contributed by atoms with Gasteiger partial charge in [-0.2, -0.15) is 0 Å². The molecule has 17 heavy (non-hydrogen) atoms. The van der Waals surface area contributed by atoms with Crippen molar-refractivity contribution in [2.45, 2.75) is 25.9 Å². The van der Waals surface area contributed by atoms with Crippen molar-refractivity contribution in [2.75, 3.05) is 12.3 Å².